The molecule has 0 radical (unpaired) electrons. The number of carbonyl (C=O) groups is 1. The van der Waals surface area contributed by atoms with Gasteiger partial charge in [-0.15, -0.1) is 0 Å². The smallest absolute Gasteiger partial charge is 0.250 e. The van der Waals surface area contributed by atoms with E-state index in [9.17, 15) is 9.59 Å². The number of hydrogen-bond donors (Lipinski definition) is 1. The molecule has 1 heterocycles. The van der Waals surface area contributed by atoms with Crippen molar-refractivity contribution in [2.75, 3.05) is 6.54 Å². The van der Waals surface area contributed by atoms with Gasteiger partial charge in [0.05, 0.1) is 0 Å². The summed E-state index contributed by atoms with van der Waals surface area (Å²) in [4.78, 5) is 23.7. The Kier molecular flexibility index (Phi) is 6.03. The number of nitrogens with one attached hydrogen (secondary N) is 1. The second-order valence-corrected chi connectivity index (χ2v) is 5.99. The zero-order valence-corrected chi connectivity index (χ0v) is 12.9. The number of nitrogens with zero attached hydrogens (tertiary/aromatic N) is 1. The summed E-state index contributed by atoms with van der Waals surface area (Å²) in [5.41, 5.74) is 1.05. The van der Waals surface area contributed by atoms with E-state index < -0.39 is 0 Å². The van der Waals surface area contributed by atoms with E-state index in [0.717, 1.165) is 44.5 Å². The molecule has 1 aromatic rings. The SMILES string of the molecule is Cc1cccc(=O)n1CCCCNC(=O)C1CCCCC1. The van der Waals surface area contributed by atoms with Crippen molar-refractivity contribution in [3.8, 4) is 0 Å². The van der Waals surface area contributed by atoms with Gasteiger partial charge in [-0.05, 0) is 38.7 Å². The van der Waals surface area contributed by atoms with Crippen LogP contribution >= 0.6 is 0 Å². The Balaban J connectivity index is 1.66. The van der Waals surface area contributed by atoms with Crippen LogP contribution in [0, 0.1) is 12.8 Å². The summed E-state index contributed by atoms with van der Waals surface area (Å²) in [7, 11) is 0. The summed E-state index contributed by atoms with van der Waals surface area (Å²) in [5.74, 6) is 0.459. The molecular formula is C17H26N2O2. The molecule has 1 fully saturated rings. The van der Waals surface area contributed by atoms with Crippen molar-refractivity contribution in [1.82, 2.24) is 9.88 Å². The number of hydrogen-bond acceptors (Lipinski definition) is 2. The number of aromatic nitrogens is 1. The topological polar surface area (TPSA) is 51.1 Å². The average Bonchev–Trinajstić information content (AvgIpc) is 2.50. The molecule has 1 aliphatic rings. The summed E-state index contributed by atoms with van der Waals surface area (Å²) < 4.78 is 1.79. The van der Waals surface area contributed by atoms with Crippen LogP contribution in [-0.4, -0.2) is 17.0 Å². The largest absolute Gasteiger partial charge is 0.356 e. The van der Waals surface area contributed by atoms with Crippen LogP contribution in [0.5, 0.6) is 0 Å². The summed E-state index contributed by atoms with van der Waals surface area (Å²) in [6.07, 6.45) is 7.57. The third-order valence-electron chi connectivity index (χ3n) is 4.35. The Labute approximate surface area is 126 Å². The van der Waals surface area contributed by atoms with Crippen molar-refractivity contribution < 1.29 is 4.79 Å². The van der Waals surface area contributed by atoms with E-state index in [1.54, 1.807) is 16.7 Å². The molecule has 0 saturated heterocycles. The first kappa shape index (κ1) is 15.8. The van der Waals surface area contributed by atoms with Gasteiger partial charge in [0.15, 0.2) is 0 Å². The molecule has 1 aliphatic carbocycles. The molecule has 0 aromatic carbocycles. The van der Waals surface area contributed by atoms with Gasteiger partial charge in [-0.25, -0.2) is 0 Å². The Morgan fingerprint density at radius 1 is 1.24 bits per heavy atom. The molecule has 0 unspecified atom stereocenters. The number of unbranched alkanes of at least 4 members (excludes halogenated alkanes) is 1. The number of amides is 1. The first-order valence-corrected chi connectivity index (χ1v) is 8.12. The van der Waals surface area contributed by atoms with Crippen molar-refractivity contribution >= 4 is 5.91 Å². The summed E-state index contributed by atoms with van der Waals surface area (Å²) in [6, 6.07) is 5.34. The highest BCUT2D eigenvalue weighted by Crippen LogP contribution is 2.23. The van der Waals surface area contributed by atoms with E-state index in [2.05, 4.69) is 5.32 Å². The number of aryl methyl sites for hydroxylation is 1. The van der Waals surface area contributed by atoms with Crippen LogP contribution in [0.4, 0.5) is 0 Å². The van der Waals surface area contributed by atoms with Gasteiger partial charge in [0.25, 0.3) is 5.56 Å². The normalized spacial score (nSPS) is 15.9. The molecule has 0 atom stereocenters. The lowest BCUT2D eigenvalue weighted by Crippen LogP contribution is -2.32. The van der Waals surface area contributed by atoms with Crippen molar-refractivity contribution in [3.05, 3.63) is 34.2 Å². The van der Waals surface area contributed by atoms with Gasteiger partial charge in [0, 0.05) is 30.8 Å². The number of rotatable bonds is 6. The van der Waals surface area contributed by atoms with Gasteiger partial charge in [0.2, 0.25) is 5.91 Å². The quantitative estimate of drug-likeness (QED) is 0.819. The first-order valence-electron chi connectivity index (χ1n) is 8.12. The minimum absolute atomic E-state index is 0.0567. The molecule has 0 aliphatic heterocycles. The van der Waals surface area contributed by atoms with E-state index in [-0.39, 0.29) is 17.4 Å². The van der Waals surface area contributed by atoms with E-state index in [4.69, 9.17) is 0 Å². The Hall–Kier alpha value is -1.58. The van der Waals surface area contributed by atoms with Gasteiger partial charge in [-0.3, -0.25) is 9.59 Å². The zero-order chi connectivity index (χ0) is 15.1. The predicted octanol–water partition coefficient (Wildman–Crippen LogP) is 2.63. The van der Waals surface area contributed by atoms with Crippen LogP contribution in [0.15, 0.2) is 23.0 Å². The highest BCUT2D eigenvalue weighted by molar-refractivity contribution is 5.78. The Bertz CT molecular complexity index is 516. The fraction of sp³-hybridized carbons (Fsp3) is 0.647. The van der Waals surface area contributed by atoms with E-state index >= 15 is 0 Å². The molecule has 4 nitrogen and oxygen atoms in total. The maximum Gasteiger partial charge on any atom is 0.250 e. The van der Waals surface area contributed by atoms with Crippen molar-refractivity contribution in [1.29, 1.82) is 0 Å². The fourth-order valence-electron chi connectivity index (χ4n) is 3.03. The monoisotopic (exact) mass is 290 g/mol. The Morgan fingerprint density at radius 2 is 2.00 bits per heavy atom. The van der Waals surface area contributed by atoms with Gasteiger partial charge in [-0.1, -0.05) is 25.3 Å². The third kappa shape index (κ3) is 4.73. The second kappa shape index (κ2) is 8.01. The maximum atomic E-state index is 12.0. The molecule has 2 rings (SSSR count). The van der Waals surface area contributed by atoms with Crippen LogP contribution in [0.1, 0.15) is 50.6 Å². The van der Waals surface area contributed by atoms with E-state index in [0.29, 0.717) is 0 Å². The molecule has 1 N–H and O–H groups in total. The second-order valence-electron chi connectivity index (χ2n) is 5.99. The zero-order valence-electron chi connectivity index (χ0n) is 12.9. The van der Waals surface area contributed by atoms with Crippen molar-refractivity contribution in [3.63, 3.8) is 0 Å². The molecule has 21 heavy (non-hydrogen) atoms. The highest BCUT2D eigenvalue weighted by Gasteiger charge is 2.20. The van der Waals surface area contributed by atoms with Crippen LogP contribution in [0.25, 0.3) is 0 Å². The highest BCUT2D eigenvalue weighted by atomic mass is 16.2. The minimum Gasteiger partial charge on any atom is -0.356 e. The predicted molar refractivity (Wildman–Crippen MR) is 84.3 cm³/mol. The Morgan fingerprint density at radius 3 is 2.71 bits per heavy atom. The molecule has 1 amide bonds. The standard InChI is InChI=1S/C17H26N2O2/c1-14-8-7-11-16(20)19(14)13-6-5-12-18-17(21)15-9-3-2-4-10-15/h7-8,11,15H,2-6,9-10,12-13H2,1H3,(H,18,21). The van der Waals surface area contributed by atoms with Gasteiger partial charge in [0.1, 0.15) is 0 Å². The molecular weight excluding hydrogens is 264 g/mol. The van der Waals surface area contributed by atoms with Crippen molar-refractivity contribution in [2.45, 2.75) is 58.4 Å². The van der Waals surface area contributed by atoms with Crippen LogP contribution in [-0.2, 0) is 11.3 Å². The lowest BCUT2D eigenvalue weighted by Gasteiger charge is -2.20. The summed E-state index contributed by atoms with van der Waals surface area (Å²) in [6.45, 7) is 3.40. The van der Waals surface area contributed by atoms with Gasteiger partial charge < -0.3 is 9.88 Å². The molecule has 1 aromatic heterocycles. The lowest BCUT2D eigenvalue weighted by atomic mass is 9.89. The van der Waals surface area contributed by atoms with E-state index in [1.165, 1.54) is 19.3 Å². The number of carbonyl (C=O) groups excluding carboxylic acids is 1. The average molecular weight is 290 g/mol. The van der Waals surface area contributed by atoms with Gasteiger partial charge in [-0.2, -0.15) is 0 Å². The first-order chi connectivity index (χ1) is 10.2. The summed E-state index contributed by atoms with van der Waals surface area (Å²) in [5, 5.41) is 3.04. The molecule has 1 saturated carbocycles. The van der Waals surface area contributed by atoms with Crippen molar-refractivity contribution in [2.24, 2.45) is 5.92 Å². The minimum atomic E-state index is 0.0567. The molecule has 0 spiro atoms. The number of pyridine rings is 1. The molecule has 0 bridgehead atoms. The van der Waals surface area contributed by atoms with Gasteiger partial charge >= 0.3 is 0 Å². The maximum absolute atomic E-state index is 12.0. The van der Waals surface area contributed by atoms with Crippen LogP contribution < -0.4 is 10.9 Å². The molecule has 4 heteroatoms. The van der Waals surface area contributed by atoms with E-state index in [1.807, 2.05) is 13.0 Å². The molecule has 116 valence electrons. The fourth-order valence-corrected chi connectivity index (χ4v) is 3.03. The lowest BCUT2D eigenvalue weighted by molar-refractivity contribution is -0.125. The van der Waals surface area contributed by atoms with Crippen LogP contribution in [0.2, 0.25) is 0 Å². The summed E-state index contributed by atoms with van der Waals surface area (Å²) >= 11 is 0. The third-order valence-corrected chi connectivity index (χ3v) is 4.35. The van der Waals surface area contributed by atoms with Crippen LogP contribution in [0.3, 0.4) is 0 Å².